The van der Waals surface area contributed by atoms with E-state index in [4.69, 9.17) is 18.9 Å². The van der Waals surface area contributed by atoms with Crippen molar-refractivity contribution < 1.29 is 28.5 Å². The zero-order chi connectivity index (χ0) is 26.4. The van der Waals surface area contributed by atoms with E-state index in [9.17, 15) is 9.59 Å². The summed E-state index contributed by atoms with van der Waals surface area (Å²) in [5.74, 6) is 2.56. The van der Waals surface area contributed by atoms with Crippen LogP contribution in [0.2, 0.25) is 0 Å². The van der Waals surface area contributed by atoms with Gasteiger partial charge in [0, 0.05) is 37.8 Å². The second-order valence-electron chi connectivity index (χ2n) is 10.7. The molecule has 1 fully saturated rings. The maximum absolute atomic E-state index is 13.8. The van der Waals surface area contributed by atoms with Gasteiger partial charge in [-0.25, -0.2) is 0 Å². The SMILES string of the molecule is CC1=CC(C)(C)N(C(=O)CN2CCN(C(=O)[C@H]3COc4ccccc4O3)CC2)c2cc3c(cc21)OCCO3. The molecule has 0 bridgehead atoms. The van der Waals surface area contributed by atoms with Gasteiger partial charge in [-0.2, -0.15) is 0 Å². The smallest absolute Gasteiger partial charge is 0.267 e. The molecule has 0 aromatic heterocycles. The van der Waals surface area contributed by atoms with Gasteiger partial charge in [-0.15, -0.1) is 0 Å². The number of piperazine rings is 1. The lowest BCUT2D eigenvalue weighted by Crippen LogP contribution is -2.57. The molecule has 4 aliphatic heterocycles. The summed E-state index contributed by atoms with van der Waals surface area (Å²) in [6.07, 6.45) is 1.47. The molecule has 2 amide bonds. The highest BCUT2D eigenvalue weighted by Gasteiger charge is 2.38. The van der Waals surface area contributed by atoms with Gasteiger partial charge < -0.3 is 28.7 Å². The van der Waals surface area contributed by atoms with E-state index in [0.717, 1.165) is 16.8 Å². The summed E-state index contributed by atoms with van der Waals surface area (Å²) in [6.45, 7) is 9.93. The molecule has 0 unspecified atom stereocenters. The third-order valence-corrected chi connectivity index (χ3v) is 7.55. The van der Waals surface area contributed by atoms with E-state index in [-0.39, 0.29) is 25.0 Å². The minimum Gasteiger partial charge on any atom is -0.486 e. The summed E-state index contributed by atoms with van der Waals surface area (Å²) in [5, 5.41) is 0. The van der Waals surface area contributed by atoms with Crippen molar-refractivity contribution in [3.63, 3.8) is 0 Å². The monoisotopic (exact) mass is 519 g/mol. The Morgan fingerprint density at radius 1 is 0.921 bits per heavy atom. The van der Waals surface area contributed by atoms with Crippen molar-refractivity contribution in [1.29, 1.82) is 0 Å². The normalized spacial score (nSPS) is 21.9. The summed E-state index contributed by atoms with van der Waals surface area (Å²) >= 11 is 0. The van der Waals surface area contributed by atoms with Crippen LogP contribution >= 0.6 is 0 Å². The first-order valence-corrected chi connectivity index (χ1v) is 13.2. The highest BCUT2D eigenvalue weighted by atomic mass is 16.6. The lowest BCUT2D eigenvalue weighted by molar-refractivity contribution is -0.143. The number of nitrogens with zero attached hydrogens (tertiary/aromatic N) is 3. The van der Waals surface area contributed by atoms with E-state index in [2.05, 4.69) is 31.7 Å². The number of benzene rings is 2. The van der Waals surface area contributed by atoms with E-state index in [1.54, 1.807) is 4.90 Å². The molecule has 200 valence electrons. The zero-order valence-electron chi connectivity index (χ0n) is 22.1. The number of ether oxygens (including phenoxy) is 4. The van der Waals surface area contributed by atoms with Crippen molar-refractivity contribution in [3.8, 4) is 23.0 Å². The number of rotatable bonds is 3. The van der Waals surface area contributed by atoms with Crippen molar-refractivity contribution >= 4 is 23.1 Å². The number of carbonyl (C=O) groups is 2. The van der Waals surface area contributed by atoms with Gasteiger partial charge in [-0.05, 0) is 44.5 Å². The number of fused-ring (bicyclic) bond motifs is 3. The van der Waals surface area contributed by atoms with Gasteiger partial charge in [-0.3, -0.25) is 14.5 Å². The number of carbonyl (C=O) groups excluding carboxylic acids is 2. The van der Waals surface area contributed by atoms with Crippen LogP contribution in [0, 0.1) is 0 Å². The first-order chi connectivity index (χ1) is 18.3. The van der Waals surface area contributed by atoms with Crippen LogP contribution in [0.15, 0.2) is 42.5 Å². The van der Waals surface area contributed by atoms with Crippen LogP contribution in [0.3, 0.4) is 0 Å². The first-order valence-electron chi connectivity index (χ1n) is 13.2. The van der Waals surface area contributed by atoms with Crippen LogP contribution in [-0.2, 0) is 9.59 Å². The lowest BCUT2D eigenvalue weighted by Gasteiger charge is -2.43. The van der Waals surface area contributed by atoms with Gasteiger partial charge >= 0.3 is 0 Å². The van der Waals surface area contributed by atoms with Gasteiger partial charge in [-0.1, -0.05) is 18.2 Å². The second kappa shape index (κ2) is 9.54. The van der Waals surface area contributed by atoms with Crippen LogP contribution in [-0.4, -0.2) is 85.8 Å². The molecule has 1 saturated heterocycles. The Labute approximate surface area is 222 Å². The van der Waals surface area contributed by atoms with Crippen molar-refractivity contribution in [2.75, 3.05) is 57.4 Å². The fourth-order valence-electron chi connectivity index (χ4n) is 5.75. The van der Waals surface area contributed by atoms with Gasteiger partial charge in [0.05, 0.1) is 17.8 Å². The molecule has 2 aromatic carbocycles. The number of anilines is 1. The molecule has 4 aliphatic rings. The highest BCUT2D eigenvalue weighted by Crippen LogP contribution is 2.45. The standard InChI is InChI=1S/C29H33N3O6/c1-19-16-29(2,3)32(21-15-25-24(14-20(19)21)35-12-13-36-25)27(33)17-30-8-10-31(11-9-30)28(34)26-18-37-22-6-4-5-7-23(22)38-26/h4-7,14-16,26H,8-13,17-18H2,1-3H3/t26-/m1/s1. The van der Waals surface area contributed by atoms with Gasteiger partial charge in [0.25, 0.3) is 5.91 Å². The van der Waals surface area contributed by atoms with Crippen molar-refractivity contribution in [3.05, 3.63) is 48.0 Å². The maximum Gasteiger partial charge on any atom is 0.267 e. The van der Waals surface area contributed by atoms with Crippen LogP contribution in [0.5, 0.6) is 23.0 Å². The average molecular weight is 520 g/mol. The van der Waals surface area contributed by atoms with E-state index in [1.807, 2.05) is 41.3 Å². The van der Waals surface area contributed by atoms with Gasteiger partial charge in [0.1, 0.15) is 19.8 Å². The molecule has 2 aromatic rings. The molecule has 0 saturated carbocycles. The summed E-state index contributed by atoms with van der Waals surface area (Å²) < 4.78 is 23.2. The number of hydrogen-bond donors (Lipinski definition) is 0. The Morgan fingerprint density at radius 2 is 1.61 bits per heavy atom. The summed E-state index contributed by atoms with van der Waals surface area (Å²) in [4.78, 5) is 32.7. The molecule has 0 spiro atoms. The predicted molar refractivity (Wildman–Crippen MR) is 142 cm³/mol. The Kier molecular flexibility index (Phi) is 6.18. The van der Waals surface area contributed by atoms with Crippen LogP contribution in [0.1, 0.15) is 26.3 Å². The lowest BCUT2D eigenvalue weighted by atomic mass is 9.88. The predicted octanol–water partition coefficient (Wildman–Crippen LogP) is 2.97. The molecule has 9 nitrogen and oxygen atoms in total. The number of para-hydroxylation sites is 2. The molecule has 0 radical (unpaired) electrons. The molecule has 6 rings (SSSR count). The minimum atomic E-state index is -0.657. The quantitative estimate of drug-likeness (QED) is 0.617. The largest absolute Gasteiger partial charge is 0.486 e. The third kappa shape index (κ3) is 4.45. The number of allylic oxidation sites excluding steroid dienone is 1. The van der Waals surface area contributed by atoms with E-state index < -0.39 is 11.6 Å². The number of hydrogen-bond acceptors (Lipinski definition) is 7. The van der Waals surface area contributed by atoms with E-state index >= 15 is 0 Å². The Morgan fingerprint density at radius 3 is 2.34 bits per heavy atom. The molecule has 0 N–H and O–H groups in total. The molecule has 4 heterocycles. The summed E-state index contributed by atoms with van der Waals surface area (Å²) in [6, 6.07) is 11.3. The van der Waals surface area contributed by atoms with Crippen molar-refractivity contribution in [2.45, 2.75) is 32.4 Å². The van der Waals surface area contributed by atoms with Crippen molar-refractivity contribution in [2.24, 2.45) is 0 Å². The Balaban J connectivity index is 1.12. The third-order valence-electron chi connectivity index (χ3n) is 7.55. The van der Waals surface area contributed by atoms with Gasteiger partial charge in [0.2, 0.25) is 12.0 Å². The minimum absolute atomic E-state index is 0.0112. The fourth-order valence-corrected chi connectivity index (χ4v) is 5.75. The molecule has 0 aliphatic carbocycles. The van der Waals surface area contributed by atoms with E-state index in [1.165, 1.54) is 0 Å². The molecule has 1 atom stereocenters. The Hall–Kier alpha value is -3.72. The van der Waals surface area contributed by atoms with Crippen LogP contribution in [0.25, 0.3) is 5.57 Å². The van der Waals surface area contributed by atoms with Crippen molar-refractivity contribution in [1.82, 2.24) is 9.80 Å². The summed E-state index contributed by atoms with van der Waals surface area (Å²) in [7, 11) is 0. The topological polar surface area (TPSA) is 80.8 Å². The summed E-state index contributed by atoms with van der Waals surface area (Å²) in [5.41, 5.74) is 2.43. The highest BCUT2D eigenvalue weighted by molar-refractivity contribution is 6.02. The van der Waals surface area contributed by atoms with Crippen LogP contribution < -0.4 is 23.8 Å². The van der Waals surface area contributed by atoms with E-state index in [0.29, 0.717) is 62.4 Å². The average Bonchev–Trinajstić information content (AvgIpc) is 2.91. The fraction of sp³-hybridized carbons (Fsp3) is 0.448. The zero-order valence-corrected chi connectivity index (χ0v) is 22.1. The molecular formula is C29H33N3O6. The molecular weight excluding hydrogens is 486 g/mol. The molecule has 38 heavy (non-hydrogen) atoms. The Bertz CT molecular complexity index is 1300. The maximum atomic E-state index is 13.8. The molecule has 9 heteroatoms. The van der Waals surface area contributed by atoms with Gasteiger partial charge in [0.15, 0.2) is 23.0 Å². The number of amides is 2. The first kappa shape index (κ1) is 24.6. The van der Waals surface area contributed by atoms with Crippen LogP contribution in [0.4, 0.5) is 5.69 Å². The second-order valence-corrected chi connectivity index (χ2v) is 10.7.